The molecule has 16 heavy (non-hydrogen) atoms. The molecule has 1 aromatic heterocycles. The summed E-state index contributed by atoms with van der Waals surface area (Å²) in [5.74, 6) is 0.699. The lowest BCUT2D eigenvalue weighted by molar-refractivity contribution is 0.175. The molecule has 5 nitrogen and oxygen atoms in total. The van der Waals surface area contributed by atoms with Crippen LogP contribution in [0.4, 0.5) is 0 Å². The number of hydrogen-bond donors (Lipinski definition) is 1. The molecule has 1 heterocycles. The van der Waals surface area contributed by atoms with Gasteiger partial charge >= 0.3 is 0 Å². The molecule has 0 saturated carbocycles. The Morgan fingerprint density at radius 1 is 1.44 bits per heavy atom. The molecule has 1 aromatic rings. The van der Waals surface area contributed by atoms with Gasteiger partial charge in [-0.2, -0.15) is 0 Å². The zero-order valence-corrected chi connectivity index (χ0v) is 11.7. The molecule has 0 aliphatic rings. The number of rotatable bonds is 5. The van der Waals surface area contributed by atoms with E-state index in [1.165, 1.54) is 0 Å². The Kier molecular flexibility index (Phi) is 5.36. The van der Waals surface area contributed by atoms with Gasteiger partial charge in [-0.25, -0.2) is 4.98 Å². The largest absolute Gasteiger partial charge is 0.384 e. The molecule has 1 atom stereocenters. The number of halogens is 1. The van der Waals surface area contributed by atoms with E-state index in [2.05, 4.69) is 9.97 Å². The lowest BCUT2D eigenvalue weighted by Crippen LogP contribution is -2.21. The molecule has 0 saturated heterocycles. The van der Waals surface area contributed by atoms with Crippen LogP contribution < -0.4 is 5.56 Å². The van der Waals surface area contributed by atoms with Crippen LogP contribution in [-0.2, 0) is 16.1 Å². The van der Waals surface area contributed by atoms with Crippen LogP contribution in [0.2, 0.25) is 0 Å². The zero-order valence-electron chi connectivity index (χ0n) is 9.54. The summed E-state index contributed by atoms with van der Waals surface area (Å²) in [6, 6.07) is 0. The summed E-state index contributed by atoms with van der Waals surface area (Å²) in [5.41, 5.74) is 0.547. The monoisotopic (exact) mass is 338 g/mol. The third kappa shape index (κ3) is 3.26. The van der Waals surface area contributed by atoms with Crippen molar-refractivity contribution >= 4 is 22.6 Å². The number of ether oxygens (including phenoxy) is 2. The highest BCUT2D eigenvalue weighted by atomic mass is 127. The first-order chi connectivity index (χ1) is 7.60. The molecule has 0 aliphatic carbocycles. The van der Waals surface area contributed by atoms with Gasteiger partial charge in [0.15, 0.2) is 0 Å². The van der Waals surface area contributed by atoms with Crippen molar-refractivity contribution in [3.05, 3.63) is 25.4 Å². The van der Waals surface area contributed by atoms with Gasteiger partial charge in [0.05, 0.1) is 18.9 Å². The van der Waals surface area contributed by atoms with Crippen molar-refractivity contribution in [2.24, 2.45) is 0 Å². The minimum absolute atomic E-state index is 0.0605. The molecule has 1 rings (SSSR count). The second-order valence-corrected chi connectivity index (χ2v) is 4.58. The second kappa shape index (κ2) is 6.31. The SMILES string of the molecule is COCc1nc(C(C)COC)[nH]c(=O)c1I. The average molecular weight is 338 g/mol. The Morgan fingerprint density at radius 3 is 2.69 bits per heavy atom. The smallest absolute Gasteiger partial charge is 0.264 e. The van der Waals surface area contributed by atoms with Crippen molar-refractivity contribution in [3.8, 4) is 0 Å². The predicted molar refractivity (Wildman–Crippen MR) is 68.6 cm³/mol. The van der Waals surface area contributed by atoms with Crippen LogP contribution >= 0.6 is 22.6 Å². The Balaban J connectivity index is 3.08. The van der Waals surface area contributed by atoms with E-state index in [-0.39, 0.29) is 11.5 Å². The predicted octanol–water partition coefficient (Wildman–Crippen LogP) is 1.27. The Labute approximate surface area is 108 Å². The summed E-state index contributed by atoms with van der Waals surface area (Å²) in [6.45, 7) is 2.82. The minimum atomic E-state index is -0.124. The molecule has 1 unspecified atom stereocenters. The molecule has 1 N–H and O–H groups in total. The molecule has 0 bridgehead atoms. The maximum Gasteiger partial charge on any atom is 0.264 e. The van der Waals surface area contributed by atoms with Crippen LogP contribution in [0.15, 0.2) is 4.79 Å². The van der Waals surface area contributed by atoms with E-state index >= 15 is 0 Å². The first-order valence-electron chi connectivity index (χ1n) is 4.86. The molecule has 0 aromatic carbocycles. The summed E-state index contributed by atoms with van der Waals surface area (Å²) in [4.78, 5) is 18.8. The fourth-order valence-corrected chi connectivity index (χ4v) is 1.73. The summed E-state index contributed by atoms with van der Waals surface area (Å²) in [6.07, 6.45) is 0. The normalized spacial score (nSPS) is 12.8. The van der Waals surface area contributed by atoms with Crippen LogP contribution in [0.1, 0.15) is 24.4 Å². The fraction of sp³-hybridized carbons (Fsp3) is 0.600. The van der Waals surface area contributed by atoms with Gasteiger partial charge in [-0.1, -0.05) is 6.92 Å². The molecule has 0 amide bonds. The lowest BCUT2D eigenvalue weighted by Gasteiger charge is -2.11. The van der Waals surface area contributed by atoms with E-state index in [1.54, 1.807) is 14.2 Å². The number of hydrogen-bond acceptors (Lipinski definition) is 4. The third-order valence-electron chi connectivity index (χ3n) is 2.11. The molecule has 90 valence electrons. The highest BCUT2D eigenvalue weighted by Gasteiger charge is 2.13. The van der Waals surface area contributed by atoms with Gasteiger partial charge in [0.25, 0.3) is 5.56 Å². The average Bonchev–Trinajstić information content (AvgIpc) is 2.25. The maximum absolute atomic E-state index is 11.6. The Bertz CT molecular complexity index is 406. The standard InChI is InChI=1S/C10H15IN2O3/c1-6(4-15-2)9-12-7(5-16-3)8(11)10(14)13-9/h6H,4-5H2,1-3H3,(H,12,13,14). The molecule has 0 spiro atoms. The van der Waals surface area contributed by atoms with Gasteiger partial charge in [-0.3, -0.25) is 4.79 Å². The Hall–Kier alpha value is -0.470. The molecular formula is C10H15IN2O3. The first-order valence-corrected chi connectivity index (χ1v) is 5.94. The van der Waals surface area contributed by atoms with Gasteiger partial charge < -0.3 is 14.5 Å². The lowest BCUT2D eigenvalue weighted by atomic mass is 10.2. The Morgan fingerprint density at radius 2 is 2.12 bits per heavy atom. The van der Waals surface area contributed by atoms with Crippen molar-refractivity contribution in [1.29, 1.82) is 0 Å². The quantitative estimate of drug-likeness (QED) is 0.822. The first kappa shape index (κ1) is 13.6. The molecule has 0 fully saturated rings. The summed E-state index contributed by atoms with van der Waals surface area (Å²) < 4.78 is 10.6. The minimum Gasteiger partial charge on any atom is -0.384 e. The highest BCUT2D eigenvalue weighted by Crippen LogP contribution is 2.12. The maximum atomic E-state index is 11.6. The van der Waals surface area contributed by atoms with Crippen LogP contribution in [-0.4, -0.2) is 30.8 Å². The fourth-order valence-electron chi connectivity index (χ4n) is 1.32. The van der Waals surface area contributed by atoms with Gasteiger partial charge in [-0.05, 0) is 22.6 Å². The number of H-pyrrole nitrogens is 1. The summed E-state index contributed by atoms with van der Waals surface area (Å²) >= 11 is 1.97. The number of nitrogens with zero attached hydrogens (tertiary/aromatic N) is 1. The van der Waals surface area contributed by atoms with E-state index in [4.69, 9.17) is 9.47 Å². The van der Waals surface area contributed by atoms with E-state index in [1.807, 2.05) is 29.5 Å². The molecule has 0 aliphatic heterocycles. The van der Waals surface area contributed by atoms with Gasteiger partial charge in [0.1, 0.15) is 9.39 Å². The number of aromatic nitrogens is 2. The van der Waals surface area contributed by atoms with Crippen molar-refractivity contribution in [2.45, 2.75) is 19.4 Å². The summed E-state index contributed by atoms with van der Waals surface area (Å²) in [5, 5.41) is 0. The third-order valence-corrected chi connectivity index (χ3v) is 3.23. The molecular weight excluding hydrogens is 323 g/mol. The zero-order chi connectivity index (χ0) is 12.1. The van der Waals surface area contributed by atoms with Crippen LogP contribution in [0, 0.1) is 3.57 Å². The van der Waals surface area contributed by atoms with Crippen LogP contribution in [0.5, 0.6) is 0 Å². The molecule has 6 heteroatoms. The number of methoxy groups -OCH3 is 2. The van der Waals surface area contributed by atoms with E-state index in [9.17, 15) is 4.79 Å². The van der Waals surface area contributed by atoms with Crippen molar-refractivity contribution in [1.82, 2.24) is 9.97 Å². The van der Waals surface area contributed by atoms with Crippen molar-refractivity contribution in [3.63, 3.8) is 0 Å². The number of nitrogens with one attached hydrogen (secondary N) is 1. The van der Waals surface area contributed by atoms with Gasteiger partial charge in [0.2, 0.25) is 0 Å². The van der Waals surface area contributed by atoms with Crippen molar-refractivity contribution < 1.29 is 9.47 Å². The van der Waals surface area contributed by atoms with Crippen molar-refractivity contribution in [2.75, 3.05) is 20.8 Å². The van der Waals surface area contributed by atoms with Gasteiger partial charge in [-0.15, -0.1) is 0 Å². The van der Waals surface area contributed by atoms with Crippen LogP contribution in [0.25, 0.3) is 0 Å². The van der Waals surface area contributed by atoms with E-state index in [0.29, 0.717) is 28.3 Å². The topological polar surface area (TPSA) is 64.2 Å². The summed E-state index contributed by atoms with van der Waals surface area (Å²) in [7, 11) is 3.20. The van der Waals surface area contributed by atoms with E-state index < -0.39 is 0 Å². The van der Waals surface area contributed by atoms with Crippen LogP contribution in [0.3, 0.4) is 0 Å². The van der Waals surface area contributed by atoms with E-state index in [0.717, 1.165) is 0 Å². The highest BCUT2D eigenvalue weighted by molar-refractivity contribution is 14.1. The van der Waals surface area contributed by atoms with Gasteiger partial charge in [0, 0.05) is 20.1 Å². The number of aromatic amines is 1. The molecule has 0 radical (unpaired) electrons. The second-order valence-electron chi connectivity index (χ2n) is 3.50.